The number of esters is 1. The third-order valence-electron chi connectivity index (χ3n) is 4.41. The van der Waals surface area contributed by atoms with Crippen LogP contribution in [0.15, 0.2) is 84.0 Å². The number of halogens is 1. The van der Waals surface area contributed by atoms with Gasteiger partial charge in [0, 0.05) is 16.8 Å². The highest BCUT2D eigenvalue weighted by atomic mass is 35.5. The number of nitrogens with one attached hydrogen (secondary N) is 2. The van der Waals surface area contributed by atoms with Crippen LogP contribution < -0.4 is 15.5 Å². The molecule has 0 bridgehead atoms. The molecule has 0 aliphatic rings. The Labute approximate surface area is 195 Å². The van der Waals surface area contributed by atoms with Crippen molar-refractivity contribution in [2.45, 2.75) is 6.92 Å². The molecule has 3 aromatic carbocycles. The van der Waals surface area contributed by atoms with E-state index in [0.717, 1.165) is 5.56 Å². The van der Waals surface area contributed by atoms with Crippen molar-refractivity contribution in [2.24, 2.45) is 5.10 Å². The molecule has 0 aliphatic carbocycles. The molecule has 0 heterocycles. The zero-order valence-electron chi connectivity index (χ0n) is 17.6. The number of benzene rings is 3. The molecule has 0 fully saturated rings. The van der Waals surface area contributed by atoms with Crippen molar-refractivity contribution in [1.82, 2.24) is 5.43 Å². The summed E-state index contributed by atoms with van der Waals surface area (Å²) < 4.78 is 5.24. The number of hydrogen-bond acceptors (Lipinski definition) is 5. The minimum absolute atomic E-state index is 0.357. The second-order valence-corrected chi connectivity index (χ2v) is 7.21. The van der Waals surface area contributed by atoms with E-state index in [0.29, 0.717) is 27.6 Å². The van der Waals surface area contributed by atoms with Gasteiger partial charge in [0.15, 0.2) is 0 Å². The fourth-order valence-corrected chi connectivity index (χ4v) is 2.81. The van der Waals surface area contributed by atoms with Crippen LogP contribution in [0, 0.1) is 6.92 Å². The molecule has 8 heteroatoms. The molecule has 2 amide bonds. The van der Waals surface area contributed by atoms with Crippen LogP contribution in [0.4, 0.5) is 5.69 Å². The first-order valence-electron chi connectivity index (χ1n) is 9.87. The van der Waals surface area contributed by atoms with Gasteiger partial charge in [0.2, 0.25) is 0 Å². The van der Waals surface area contributed by atoms with Crippen molar-refractivity contribution in [2.75, 3.05) is 5.32 Å². The van der Waals surface area contributed by atoms with Crippen molar-refractivity contribution in [1.29, 1.82) is 0 Å². The molecule has 0 spiro atoms. The number of carbonyl (C=O) groups is 3. The monoisotopic (exact) mass is 461 g/mol. The molecule has 0 saturated heterocycles. The molecule has 3 aromatic rings. The van der Waals surface area contributed by atoms with Gasteiger partial charge in [-0.3, -0.25) is 9.59 Å². The quantitative estimate of drug-likeness (QED) is 0.142. The molecule has 2 N–H and O–H groups in total. The first-order chi connectivity index (χ1) is 15.9. The van der Waals surface area contributed by atoms with E-state index in [9.17, 15) is 14.4 Å². The zero-order chi connectivity index (χ0) is 23.6. The van der Waals surface area contributed by atoms with Crippen molar-refractivity contribution in [3.63, 3.8) is 0 Å². The van der Waals surface area contributed by atoms with Crippen LogP contribution in [0.1, 0.15) is 16.7 Å². The summed E-state index contributed by atoms with van der Waals surface area (Å²) in [6, 6.07) is 20.9. The Bertz CT molecular complexity index is 1210. The summed E-state index contributed by atoms with van der Waals surface area (Å²) >= 11 is 6.00. The standard InChI is InChI=1S/C25H20ClN3O4/c1-17-21(26)8-5-9-22(17)28-24(31)25(32)29-27-16-19-10-13-20(14-11-19)33-23(30)15-12-18-6-3-2-4-7-18/h2-16H,1H3,(H,28,31)(H,29,32). The van der Waals surface area contributed by atoms with Crippen molar-refractivity contribution >= 4 is 47.4 Å². The van der Waals surface area contributed by atoms with Crippen LogP contribution >= 0.6 is 11.6 Å². The van der Waals surface area contributed by atoms with Gasteiger partial charge >= 0.3 is 17.8 Å². The predicted octanol–water partition coefficient (Wildman–Crippen LogP) is 4.36. The number of nitrogens with zero attached hydrogens (tertiary/aromatic N) is 1. The summed E-state index contributed by atoms with van der Waals surface area (Å²) in [5.41, 5.74) is 4.76. The van der Waals surface area contributed by atoms with Gasteiger partial charge < -0.3 is 10.1 Å². The van der Waals surface area contributed by atoms with Gasteiger partial charge in [-0.1, -0.05) is 48.0 Å². The van der Waals surface area contributed by atoms with Gasteiger partial charge in [-0.2, -0.15) is 5.10 Å². The lowest BCUT2D eigenvalue weighted by Crippen LogP contribution is -2.32. The summed E-state index contributed by atoms with van der Waals surface area (Å²) in [4.78, 5) is 35.9. The van der Waals surface area contributed by atoms with Crippen LogP contribution in [0.25, 0.3) is 6.08 Å². The van der Waals surface area contributed by atoms with Gasteiger partial charge in [0.25, 0.3) is 0 Å². The maximum atomic E-state index is 12.0. The van der Waals surface area contributed by atoms with E-state index in [1.54, 1.807) is 55.5 Å². The molecule has 0 radical (unpaired) electrons. The minimum atomic E-state index is -0.929. The van der Waals surface area contributed by atoms with E-state index in [-0.39, 0.29) is 0 Å². The highest BCUT2D eigenvalue weighted by molar-refractivity contribution is 6.40. The molecular formula is C25H20ClN3O4. The van der Waals surface area contributed by atoms with E-state index in [1.807, 2.05) is 30.3 Å². The molecular weight excluding hydrogens is 442 g/mol. The lowest BCUT2D eigenvalue weighted by molar-refractivity contribution is -0.136. The summed E-state index contributed by atoms with van der Waals surface area (Å²) in [7, 11) is 0. The maximum Gasteiger partial charge on any atom is 0.336 e. The molecule has 0 aliphatic heterocycles. The van der Waals surface area contributed by atoms with Crippen LogP contribution in [-0.2, 0) is 14.4 Å². The second kappa shape index (κ2) is 11.4. The molecule has 0 atom stereocenters. The normalized spacial score (nSPS) is 10.8. The number of anilines is 1. The summed E-state index contributed by atoms with van der Waals surface area (Å²) in [6.07, 6.45) is 4.36. The van der Waals surface area contributed by atoms with E-state index in [1.165, 1.54) is 12.3 Å². The largest absolute Gasteiger partial charge is 0.423 e. The highest BCUT2D eigenvalue weighted by Crippen LogP contribution is 2.22. The molecule has 3 rings (SSSR count). The Kier molecular flexibility index (Phi) is 8.10. The predicted molar refractivity (Wildman–Crippen MR) is 128 cm³/mol. The fourth-order valence-electron chi connectivity index (χ4n) is 2.64. The first kappa shape index (κ1) is 23.4. The van der Waals surface area contributed by atoms with Crippen molar-refractivity contribution in [3.05, 3.63) is 101 Å². The zero-order valence-corrected chi connectivity index (χ0v) is 18.4. The number of hydrogen-bond donors (Lipinski definition) is 2. The van der Waals surface area contributed by atoms with Gasteiger partial charge in [-0.05, 0) is 66.1 Å². The minimum Gasteiger partial charge on any atom is -0.423 e. The van der Waals surface area contributed by atoms with Crippen LogP contribution in [0.5, 0.6) is 5.75 Å². The van der Waals surface area contributed by atoms with Crippen LogP contribution in [0.2, 0.25) is 5.02 Å². The Hall–Kier alpha value is -4.23. The third kappa shape index (κ3) is 7.15. The SMILES string of the molecule is Cc1c(Cl)cccc1NC(=O)C(=O)NN=Cc1ccc(OC(=O)C=Cc2ccccc2)cc1. The second-order valence-electron chi connectivity index (χ2n) is 6.80. The Balaban J connectivity index is 1.49. The highest BCUT2D eigenvalue weighted by Gasteiger charge is 2.14. The van der Waals surface area contributed by atoms with Gasteiger partial charge in [0.1, 0.15) is 5.75 Å². The first-order valence-corrected chi connectivity index (χ1v) is 10.2. The average molecular weight is 462 g/mol. The van der Waals surface area contributed by atoms with E-state index < -0.39 is 17.8 Å². The summed E-state index contributed by atoms with van der Waals surface area (Å²) in [5, 5.41) is 6.73. The van der Waals surface area contributed by atoms with Gasteiger partial charge in [-0.25, -0.2) is 10.2 Å². The van der Waals surface area contributed by atoms with Crippen LogP contribution in [0.3, 0.4) is 0 Å². The summed E-state index contributed by atoms with van der Waals surface area (Å²) in [6.45, 7) is 1.73. The Morgan fingerprint density at radius 2 is 1.61 bits per heavy atom. The molecule has 0 saturated carbocycles. The van der Waals surface area contributed by atoms with Crippen molar-refractivity contribution in [3.8, 4) is 5.75 Å². The molecule has 0 aromatic heterocycles. The van der Waals surface area contributed by atoms with E-state index in [2.05, 4.69) is 15.8 Å². The van der Waals surface area contributed by atoms with E-state index >= 15 is 0 Å². The smallest absolute Gasteiger partial charge is 0.336 e. The van der Waals surface area contributed by atoms with Crippen molar-refractivity contribution < 1.29 is 19.1 Å². The van der Waals surface area contributed by atoms with E-state index in [4.69, 9.17) is 16.3 Å². The fraction of sp³-hybridized carbons (Fsp3) is 0.0400. The summed E-state index contributed by atoms with van der Waals surface area (Å²) in [5.74, 6) is -1.95. The lowest BCUT2D eigenvalue weighted by atomic mass is 10.2. The van der Waals surface area contributed by atoms with Crippen LogP contribution in [-0.4, -0.2) is 24.0 Å². The number of amides is 2. The Morgan fingerprint density at radius 1 is 0.879 bits per heavy atom. The maximum absolute atomic E-state index is 12.0. The molecule has 0 unspecified atom stereocenters. The number of rotatable bonds is 6. The lowest BCUT2D eigenvalue weighted by Gasteiger charge is -2.08. The van der Waals surface area contributed by atoms with Gasteiger partial charge in [-0.15, -0.1) is 0 Å². The van der Waals surface area contributed by atoms with Gasteiger partial charge in [0.05, 0.1) is 6.21 Å². The number of ether oxygens (including phenoxy) is 1. The average Bonchev–Trinajstić information content (AvgIpc) is 2.82. The molecule has 166 valence electrons. The third-order valence-corrected chi connectivity index (χ3v) is 4.82. The number of hydrazone groups is 1. The topological polar surface area (TPSA) is 96.9 Å². The molecule has 7 nitrogen and oxygen atoms in total. The number of carbonyl (C=O) groups excluding carboxylic acids is 3. The molecule has 33 heavy (non-hydrogen) atoms. The Morgan fingerprint density at radius 3 is 2.33 bits per heavy atom.